The van der Waals surface area contributed by atoms with E-state index in [0.717, 1.165) is 18.4 Å². The van der Waals surface area contributed by atoms with Crippen LogP contribution in [0.1, 0.15) is 42.1 Å². The van der Waals surface area contributed by atoms with Crippen LogP contribution in [0.25, 0.3) is 0 Å². The van der Waals surface area contributed by atoms with Crippen molar-refractivity contribution in [3.8, 4) is 0 Å². The van der Waals surface area contributed by atoms with E-state index in [9.17, 15) is 13.2 Å². The van der Waals surface area contributed by atoms with Crippen molar-refractivity contribution in [2.45, 2.75) is 42.8 Å². The molecule has 2 aromatic rings. The summed E-state index contributed by atoms with van der Waals surface area (Å²) in [5.41, 5.74) is 1.63. The quantitative estimate of drug-likeness (QED) is 0.760. The van der Waals surface area contributed by atoms with Gasteiger partial charge >= 0.3 is 0 Å². The lowest BCUT2D eigenvalue weighted by Crippen LogP contribution is -2.31. The van der Waals surface area contributed by atoms with Gasteiger partial charge in [-0.1, -0.05) is 47.9 Å². The number of hydrogen-bond acceptors (Lipinski definition) is 3. The first-order valence-corrected chi connectivity index (χ1v) is 10.4. The predicted octanol–water partition coefficient (Wildman–Crippen LogP) is 4.92. The number of halogens is 1. The molecule has 0 heterocycles. The van der Waals surface area contributed by atoms with Crippen molar-refractivity contribution in [3.63, 3.8) is 0 Å². The van der Waals surface area contributed by atoms with Crippen LogP contribution in [0, 0.1) is 12.8 Å². The molecule has 0 radical (unpaired) electrons. The maximum atomic E-state index is 13.4. The summed E-state index contributed by atoms with van der Waals surface area (Å²) in [6.45, 7) is 1.91. The Kier molecular flexibility index (Phi) is 5.30. The SMILES string of the molecule is Cc1ccc(S(=O)(=O)C(c2ccc(Cl)cc2)C2CCCCC2=O)cc1. The molecule has 5 heteroatoms. The van der Waals surface area contributed by atoms with Crippen molar-refractivity contribution in [1.29, 1.82) is 0 Å². The highest BCUT2D eigenvalue weighted by Gasteiger charge is 2.40. The van der Waals surface area contributed by atoms with Crippen LogP contribution >= 0.6 is 11.6 Å². The Hall–Kier alpha value is -1.65. The Bertz CT molecular complexity index is 855. The predicted molar refractivity (Wildman–Crippen MR) is 99.5 cm³/mol. The zero-order valence-corrected chi connectivity index (χ0v) is 15.7. The molecule has 25 heavy (non-hydrogen) atoms. The van der Waals surface area contributed by atoms with Gasteiger partial charge in [0.05, 0.1) is 4.90 Å². The molecule has 0 saturated heterocycles. The van der Waals surface area contributed by atoms with Gasteiger partial charge in [-0.2, -0.15) is 0 Å². The standard InChI is InChI=1S/C20H21ClO3S/c1-14-6-12-17(13-7-14)25(23,24)20(15-8-10-16(21)11-9-15)18-4-2-3-5-19(18)22/h6-13,18,20H,2-5H2,1H3. The average Bonchev–Trinajstić information content (AvgIpc) is 2.59. The van der Waals surface area contributed by atoms with Crippen molar-refractivity contribution in [3.05, 3.63) is 64.7 Å². The maximum absolute atomic E-state index is 13.4. The molecule has 0 aromatic heterocycles. The molecule has 1 aliphatic rings. The molecule has 0 amide bonds. The zero-order chi connectivity index (χ0) is 18.0. The van der Waals surface area contributed by atoms with Crippen LogP contribution in [0.5, 0.6) is 0 Å². The number of ketones is 1. The van der Waals surface area contributed by atoms with Crippen LogP contribution < -0.4 is 0 Å². The third-order valence-corrected chi connectivity index (χ3v) is 7.30. The molecule has 1 aliphatic carbocycles. The van der Waals surface area contributed by atoms with Gasteiger partial charge in [0.1, 0.15) is 11.0 Å². The van der Waals surface area contributed by atoms with Gasteiger partial charge < -0.3 is 0 Å². The normalized spacial score (nSPS) is 19.6. The van der Waals surface area contributed by atoms with E-state index in [1.54, 1.807) is 48.5 Å². The van der Waals surface area contributed by atoms with E-state index in [4.69, 9.17) is 11.6 Å². The molecule has 2 aromatic carbocycles. The van der Waals surface area contributed by atoms with Gasteiger partial charge in [-0.25, -0.2) is 8.42 Å². The van der Waals surface area contributed by atoms with Crippen molar-refractivity contribution in [2.75, 3.05) is 0 Å². The molecule has 132 valence electrons. The summed E-state index contributed by atoms with van der Waals surface area (Å²) in [4.78, 5) is 12.8. The van der Waals surface area contributed by atoms with Gasteiger partial charge in [0.2, 0.25) is 0 Å². The molecule has 0 aliphatic heterocycles. The maximum Gasteiger partial charge on any atom is 0.186 e. The lowest BCUT2D eigenvalue weighted by Gasteiger charge is -2.29. The molecule has 3 rings (SSSR count). The first-order valence-electron chi connectivity index (χ1n) is 8.48. The van der Waals surface area contributed by atoms with Crippen molar-refractivity contribution < 1.29 is 13.2 Å². The highest BCUT2D eigenvalue weighted by atomic mass is 35.5. The van der Waals surface area contributed by atoms with Crippen LogP contribution in [0.15, 0.2) is 53.4 Å². The number of carbonyl (C=O) groups is 1. The van der Waals surface area contributed by atoms with Gasteiger partial charge in [0.25, 0.3) is 0 Å². The molecule has 2 unspecified atom stereocenters. The Labute approximate surface area is 153 Å². The minimum atomic E-state index is -3.68. The summed E-state index contributed by atoms with van der Waals surface area (Å²) < 4.78 is 26.8. The minimum Gasteiger partial charge on any atom is -0.299 e. The molecule has 0 bridgehead atoms. The number of rotatable bonds is 4. The fourth-order valence-electron chi connectivity index (χ4n) is 3.48. The van der Waals surface area contributed by atoms with E-state index < -0.39 is 21.0 Å². The number of aryl methyl sites for hydroxylation is 1. The summed E-state index contributed by atoms with van der Waals surface area (Å²) in [5, 5.41) is -0.314. The smallest absolute Gasteiger partial charge is 0.186 e. The summed E-state index contributed by atoms with van der Waals surface area (Å²) >= 11 is 5.96. The van der Waals surface area contributed by atoms with E-state index in [0.29, 0.717) is 23.4 Å². The average molecular weight is 377 g/mol. The fourth-order valence-corrected chi connectivity index (χ4v) is 5.66. The molecule has 1 fully saturated rings. The van der Waals surface area contributed by atoms with E-state index in [-0.39, 0.29) is 10.7 Å². The number of Topliss-reactive ketones (excluding diaryl/α,β-unsaturated/α-hetero) is 1. The molecule has 0 N–H and O–H groups in total. The van der Waals surface area contributed by atoms with Gasteiger partial charge in [-0.15, -0.1) is 0 Å². The van der Waals surface area contributed by atoms with Crippen molar-refractivity contribution in [2.24, 2.45) is 5.92 Å². The monoisotopic (exact) mass is 376 g/mol. The first-order chi connectivity index (χ1) is 11.9. The van der Waals surface area contributed by atoms with Gasteiger partial charge in [-0.3, -0.25) is 4.79 Å². The van der Waals surface area contributed by atoms with Crippen LogP contribution in [0.2, 0.25) is 5.02 Å². The van der Waals surface area contributed by atoms with E-state index in [1.165, 1.54) is 0 Å². The molecule has 3 nitrogen and oxygen atoms in total. The Balaban J connectivity index is 2.11. The summed E-state index contributed by atoms with van der Waals surface area (Å²) in [6, 6.07) is 13.6. The van der Waals surface area contributed by atoms with Crippen molar-refractivity contribution >= 4 is 27.2 Å². The number of benzene rings is 2. The highest BCUT2D eigenvalue weighted by molar-refractivity contribution is 7.91. The second-order valence-corrected chi connectivity index (χ2v) is 9.15. The second kappa shape index (κ2) is 7.30. The summed E-state index contributed by atoms with van der Waals surface area (Å²) in [5.74, 6) is -0.455. The van der Waals surface area contributed by atoms with Crippen molar-refractivity contribution in [1.82, 2.24) is 0 Å². The Morgan fingerprint density at radius 2 is 1.64 bits per heavy atom. The highest BCUT2D eigenvalue weighted by Crippen LogP contribution is 2.41. The number of carbonyl (C=O) groups excluding carboxylic acids is 1. The molecular formula is C20H21ClO3S. The van der Waals surface area contributed by atoms with E-state index >= 15 is 0 Å². The Morgan fingerprint density at radius 1 is 1.00 bits per heavy atom. The topological polar surface area (TPSA) is 51.2 Å². The fraction of sp³-hybridized carbons (Fsp3) is 0.350. The largest absolute Gasteiger partial charge is 0.299 e. The second-order valence-electron chi connectivity index (χ2n) is 6.65. The number of hydrogen-bond donors (Lipinski definition) is 0. The third kappa shape index (κ3) is 3.80. The number of sulfone groups is 1. The van der Waals surface area contributed by atoms with Crippen LogP contribution in [0.3, 0.4) is 0 Å². The lowest BCUT2D eigenvalue weighted by molar-refractivity contribution is -0.124. The van der Waals surface area contributed by atoms with Gasteiger partial charge in [0.15, 0.2) is 9.84 Å². The van der Waals surface area contributed by atoms with Crippen LogP contribution in [0.4, 0.5) is 0 Å². The Morgan fingerprint density at radius 3 is 2.24 bits per heavy atom. The summed E-state index contributed by atoms with van der Waals surface area (Å²) in [6.07, 6.45) is 2.78. The minimum absolute atomic E-state index is 0.0434. The van der Waals surface area contributed by atoms with E-state index in [2.05, 4.69) is 0 Å². The zero-order valence-electron chi connectivity index (χ0n) is 14.1. The third-order valence-electron chi connectivity index (χ3n) is 4.85. The van der Waals surface area contributed by atoms with E-state index in [1.807, 2.05) is 6.92 Å². The van der Waals surface area contributed by atoms with Gasteiger partial charge in [-0.05, 0) is 49.6 Å². The first kappa shape index (κ1) is 18.2. The van der Waals surface area contributed by atoms with Gasteiger partial charge in [0, 0.05) is 17.4 Å². The van der Waals surface area contributed by atoms with Crippen LogP contribution in [-0.4, -0.2) is 14.2 Å². The van der Waals surface area contributed by atoms with Crippen LogP contribution in [-0.2, 0) is 14.6 Å². The molecule has 0 spiro atoms. The molecule has 1 saturated carbocycles. The lowest BCUT2D eigenvalue weighted by atomic mass is 9.83. The molecule has 2 atom stereocenters. The molecular weight excluding hydrogens is 356 g/mol. The summed E-state index contributed by atoms with van der Waals surface area (Å²) in [7, 11) is -3.68.